The Kier molecular flexibility index (Phi) is 2.83. The Morgan fingerprint density at radius 3 is 2.73 bits per heavy atom. The van der Waals surface area contributed by atoms with Gasteiger partial charge < -0.3 is 14.6 Å². The first-order valence-corrected chi connectivity index (χ1v) is 5.52. The molecule has 4 nitrogen and oxygen atoms in total. The van der Waals surface area contributed by atoms with Gasteiger partial charge in [0.15, 0.2) is 5.79 Å². The molecule has 1 heterocycles. The normalized spacial score (nSPS) is 37.1. The van der Waals surface area contributed by atoms with Gasteiger partial charge >= 0.3 is 0 Å². The molecule has 15 heavy (non-hydrogen) atoms. The SMILES string of the molecule is CC1(C)OC[C@H]([C@@H](O)[C@@H]2CCCC2=O)O1. The molecule has 4 heteroatoms. The number of carbonyl (C=O) groups is 1. The molecule has 2 rings (SSSR count). The van der Waals surface area contributed by atoms with Crippen LogP contribution in [0.15, 0.2) is 0 Å². The van der Waals surface area contributed by atoms with Crippen molar-refractivity contribution in [1.29, 1.82) is 0 Å². The fourth-order valence-corrected chi connectivity index (χ4v) is 2.35. The average Bonchev–Trinajstić information content (AvgIpc) is 2.71. The van der Waals surface area contributed by atoms with Crippen LogP contribution in [0.4, 0.5) is 0 Å². The van der Waals surface area contributed by atoms with Crippen molar-refractivity contribution in [1.82, 2.24) is 0 Å². The summed E-state index contributed by atoms with van der Waals surface area (Å²) in [5, 5.41) is 10.0. The van der Waals surface area contributed by atoms with Crippen LogP contribution < -0.4 is 0 Å². The van der Waals surface area contributed by atoms with Gasteiger partial charge in [-0.25, -0.2) is 0 Å². The maximum atomic E-state index is 11.5. The van der Waals surface area contributed by atoms with Crippen LogP contribution in [0, 0.1) is 5.92 Å². The first kappa shape index (κ1) is 11.0. The van der Waals surface area contributed by atoms with Crippen LogP contribution in [0.5, 0.6) is 0 Å². The van der Waals surface area contributed by atoms with E-state index in [1.54, 1.807) is 0 Å². The number of aliphatic hydroxyl groups excluding tert-OH is 1. The van der Waals surface area contributed by atoms with E-state index in [0.717, 1.165) is 12.8 Å². The Hall–Kier alpha value is -0.450. The van der Waals surface area contributed by atoms with E-state index in [4.69, 9.17) is 9.47 Å². The van der Waals surface area contributed by atoms with Crippen LogP contribution in [0.25, 0.3) is 0 Å². The van der Waals surface area contributed by atoms with Crippen molar-refractivity contribution < 1.29 is 19.4 Å². The van der Waals surface area contributed by atoms with Crippen LogP contribution in [0.3, 0.4) is 0 Å². The van der Waals surface area contributed by atoms with Crippen molar-refractivity contribution in [2.75, 3.05) is 6.61 Å². The van der Waals surface area contributed by atoms with Gasteiger partial charge in [0.25, 0.3) is 0 Å². The highest BCUT2D eigenvalue weighted by Crippen LogP contribution is 2.31. The summed E-state index contributed by atoms with van der Waals surface area (Å²) in [5.74, 6) is -0.712. The highest BCUT2D eigenvalue weighted by Gasteiger charge is 2.42. The topological polar surface area (TPSA) is 55.8 Å². The van der Waals surface area contributed by atoms with Gasteiger partial charge in [-0.15, -0.1) is 0 Å². The van der Waals surface area contributed by atoms with Crippen LogP contribution >= 0.6 is 0 Å². The smallest absolute Gasteiger partial charge is 0.163 e. The highest BCUT2D eigenvalue weighted by atomic mass is 16.7. The van der Waals surface area contributed by atoms with Crippen molar-refractivity contribution >= 4 is 5.78 Å². The van der Waals surface area contributed by atoms with Crippen LogP contribution in [0.2, 0.25) is 0 Å². The minimum absolute atomic E-state index is 0.163. The zero-order valence-electron chi connectivity index (χ0n) is 9.23. The lowest BCUT2D eigenvalue weighted by Gasteiger charge is -2.23. The van der Waals surface area contributed by atoms with Crippen molar-refractivity contribution in [2.24, 2.45) is 5.92 Å². The summed E-state index contributed by atoms with van der Waals surface area (Å²) in [6.07, 6.45) is 1.20. The number of carbonyl (C=O) groups excluding carboxylic acids is 1. The first-order chi connectivity index (χ1) is 6.99. The van der Waals surface area contributed by atoms with Crippen molar-refractivity contribution in [2.45, 2.75) is 51.1 Å². The van der Waals surface area contributed by atoms with Gasteiger partial charge in [0, 0.05) is 12.3 Å². The summed E-state index contributed by atoms with van der Waals surface area (Å²) in [4.78, 5) is 11.5. The molecule has 0 amide bonds. The fourth-order valence-electron chi connectivity index (χ4n) is 2.35. The number of Topliss-reactive ketones (excluding diaryl/α,β-unsaturated/α-hetero) is 1. The summed E-state index contributed by atoms with van der Waals surface area (Å²) in [6.45, 7) is 4.00. The van der Waals surface area contributed by atoms with E-state index in [1.165, 1.54) is 0 Å². The molecular weight excluding hydrogens is 196 g/mol. The molecule has 0 aromatic carbocycles. The number of hydrogen-bond acceptors (Lipinski definition) is 4. The summed E-state index contributed by atoms with van der Waals surface area (Å²) in [5.41, 5.74) is 0. The lowest BCUT2D eigenvalue weighted by atomic mass is 9.96. The lowest BCUT2D eigenvalue weighted by Crippen LogP contribution is -2.38. The van der Waals surface area contributed by atoms with Gasteiger partial charge in [-0.1, -0.05) is 0 Å². The van der Waals surface area contributed by atoms with Gasteiger partial charge in [-0.2, -0.15) is 0 Å². The lowest BCUT2D eigenvalue weighted by molar-refractivity contribution is -0.157. The molecule has 0 spiro atoms. The maximum absolute atomic E-state index is 11.5. The second-order valence-electron chi connectivity index (χ2n) is 4.82. The number of aliphatic hydroxyl groups is 1. The summed E-state index contributed by atoms with van der Waals surface area (Å²) in [7, 11) is 0. The molecule has 1 saturated heterocycles. The van der Waals surface area contributed by atoms with E-state index in [2.05, 4.69) is 0 Å². The molecular formula is C11H18O4. The third-order valence-corrected chi connectivity index (χ3v) is 3.18. The highest BCUT2D eigenvalue weighted by molar-refractivity contribution is 5.83. The van der Waals surface area contributed by atoms with E-state index in [-0.39, 0.29) is 17.8 Å². The summed E-state index contributed by atoms with van der Waals surface area (Å²) in [6, 6.07) is 0. The standard InChI is InChI=1S/C11H18O4/c1-11(2)14-6-9(15-11)10(13)7-4-3-5-8(7)12/h7,9-10,13H,3-6H2,1-2H3/t7-,9-,10+/m1/s1. The molecule has 0 aromatic heterocycles. The number of rotatable bonds is 2. The molecule has 0 bridgehead atoms. The monoisotopic (exact) mass is 214 g/mol. The van der Waals surface area contributed by atoms with Gasteiger partial charge in [0.1, 0.15) is 11.9 Å². The van der Waals surface area contributed by atoms with Crippen molar-refractivity contribution in [3.8, 4) is 0 Å². The molecule has 1 N–H and O–H groups in total. The van der Waals surface area contributed by atoms with Crippen LogP contribution in [0.1, 0.15) is 33.1 Å². The van der Waals surface area contributed by atoms with Crippen LogP contribution in [-0.2, 0) is 14.3 Å². The largest absolute Gasteiger partial charge is 0.390 e. The Bertz CT molecular complexity index is 261. The minimum atomic E-state index is -0.707. The zero-order valence-corrected chi connectivity index (χ0v) is 9.23. The molecule has 0 aromatic rings. The van der Waals surface area contributed by atoms with Gasteiger partial charge in [-0.05, 0) is 26.7 Å². The molecule has 2 aliphatic rings. The number of hydrogen-bond donors (Lipinski definition) is 1. The van der Waals surface area contributed by atoms with E-state index < -0.39 is 11.9 Å². The number of ether oxygens (including phenoxy) is 2. The van der Waals surface area contributed by atoms with Gasteiger partial charge in [-0.3, -0.25) is 4.79 Å². The molecule has 1 aliphatic carbocycles. The Labute approximate surface area is 89.6 Å². The quantitative estimate of drug-likeness (QED) is 0.741. The summed E-state index contributed by atoms with van der Waals surface area (Å²) >= 11 is 0. The Morgan fingerprint density at radius 1 is 1.53 bits per heavy atom. The third kappa shape index (κ3) is 2.22. The molecule has 0 unspecified atom stereocenters. The average molecular weight is 214 g/mol. The zero-order chi connectivity index (χ0) is 11.1. The fraction of sp³-hybridized carbons (Fsp3) is 0.909. The van der Waals surface area contributed by atoms with Crippen molar-refractivity contribution in [3.63, 3.8) is 0 Å². The van der Waals surface area contributed by atoms with Crippen LogP contribution in [-0.4, -0.2) is 35.5 Å². The molecule has 3 atom stereocenters. The predicted molar refractivity (Wildman–Crippen MR) is 53.3 cm³/mol. The van der Waals surface area contributed by atoms with E-state index in [1.807, 2.05) is 13.8 Å². The Morgan fingerprint density at radius 2 is 2.27 bits per heavy atom. The predicted octanol–water partition coefficient (Wildman–Crippen LogP) is 0.868. The molecule has 86 valence electrons. The molecule has 0 radical (unpaired) electrons. The second kappa shape index (κ2) is 3.85. The minimum Gasteiger partial charge on any atom is -0.390 e. The van der Waals surface area contributed by atoms with Gasteiger partial charge in [0.05, 0.1) is 12.7 Å². The molecule has 1 saturated carbocycles. The molecule has 2 fully saturated rings. The molecule has 1 aliphatic heterocycles. The van der Waals surface area contributed by atoms with E-state index in [0.29, 0.717) is 13.0 Å². The first-order valence-electron chi connectivity index (χ1n) is 5.52. The van der Waals surface area contributed by atoms with Crippen molar-refractivity contribution in [3.05, 3.63) is 0 Å². The number of ketones is 1. The summed E-state index contributed by atoms with van der Waals surface area (Å²) < 4.78 is 10.9. The van der Waals surface area contributed by atoms with Gasteiger partial charge in [0.2, 0.25) is 0 Å². The second-order valence-corrected chi connectivity index (χ2v) is 4.82. The Balaban J connectivity index is 1.97. The van der Waals surface area contributed by atoms with E-state index >= 15 is 0 Å². The maximum Gasteiger partial charge on any atom is 0.163 e. The third-order valence-electron chi connectivity index (χ3n) is 3.18. The van der Waals surface area contributed by atoms with E-state index in [9.17, 15) is 9.90 Å².